The van der Waals surface area contributed by atoms with Crippen LogP contribution in [0.4, 0.5) is 11.4 Å². The van der Waals surface area contributed by atoms with E-state index in [2.05, 4.69) is 20.7 Å². The molecule has 1 unspecified atom stereocenters. The van der Waals surface area contributed by atoms with E-state index in [0.717, 1.165) is 10.2 Å². The lowest BCUT2D eigenvalue weighted by molar-refractivity contribution is 0.680. The van der Waals surface area contributed by atoms with Crippen LogP contribution in [0, 0.1) is 0 Å². The van der Waals surface area contributed by atoms with Crippen molar-refractivity contribution in [2.24, 2.45) is 0 Å². The van der Waals surface area contributed by atoms with Gasteiger partial charge in [0.1, 0.15) is 11.0 Å². The molecule has 0 heterocycles. The number of anilines is 2. The number of benzene rings is 1. The fraction of sp³-hybridized carbons (Fsp3) is 0.333. The predicted molar refractivity (Wildman–Crippen MR) is 65.5 cm³/mol. The molecule has 3 N–H and O–H groups in total. The summed E-state index contributed by atoms with van der Waals surface area (Å²) >= 11 is 3.36. The molecule has 0 aliphatic carbocycles. The van der Waals surface area contributed by atoms with Crippen LogP contribution in [-0.4, -0.2) is 9.46 Å². The summed E-state index contributed by atoms with van der Waals surface area (Å²) in [4.78, 5) is 0. The summed E-state index contributed by atoms with van der Waals surface area (Å²) in [5.41, 5.74) is 7.03. The van der Waals surface area contributed by atoms with Gasteiger partial charge in [0.15, 0.2) is 0 Å². The SMILES string of the molecule is CC(C)S(=O)Nc1cc(N)ccc1Br. The molecule has 78 valence electrons. The summed E-state index contributed by atoms with van der Waals surface area (Å²) in [5.74, 6) is 0. The van der Waals surface area contributed by atoms with E-state index in [-0.39, 0.29) is 5.25 Å². The topological polar surface area (TPSA) is 55.1 Å². The highest BCUT2D eigenvalue weighted by Gasteiger charge is 2.07. The third-order valence-corrected chi connectivity index (χ3v) is 3.60. The highest BCUT2D eigenvalue weighted by molar-refractivity contribution is 9.10. The third kappa shape index (κ3) is 2.99. The lowest BCUT2D eigenvalue weighted by Crippen LogP contribution is -2.14. The summed E-state index contributed by atoms with van der Waals surface area (Å²) in [5, 5.41) is 0.0725. The largest absolute Gasteiger partial charge is 0.399 e. The molecule has 5 heteroatoms. The van der Waals surface area contributed by atoms with E-state index in [4.69, 9.17) is 5.73 Å². The molecular weight excluding hydrogens is 264 g/mol. The molecule has 0 saturated heterocycles. The number of hydrogen-bond donors (Lipinski definition) is 2. The van der Waals surface area contributed by atoms with Crippen LogP contribution < -0.4 is 10.5 Å². The number of nitrogens with two attached hydrogens (primary N) is 1. The monoisotopic (exact) mass is 276 g/mol. The van der Waals surface area contributed by atoms with Gasteiger partial charge in [-0.1, -0.05) is 0 Å². The van der Waals surface area contributed by atoms with Gasteiger partial charge in [-0.25, -0.2) is 4.21 Å². The highest BCUT2D eigenvalue weighted by atomic mass is 79.9. The maximum Gasteiger partial charge on any atom is 0.119 e. The van der Waals surface area contributed by atoms with Gasteiger partial charge in [-0.2, -0.15) is 0 Å². The second-order valence-electron chi connectivity index (χ2n) is 3.19. The van der Waals surface area contributed by atoms with Gasteiger partial charge < -0.3 is 10.5 Å². The van der Waals surface area contributed by atoms with Gasteiger partial charge in [-0.15, -0.1) is 0 Å². The van der Waals surface area contributed by atoms with Gasteiger partial charge in [0, 0.05) is 15.4 Å². The Morgan fingerprint density at radius 1 is 1.50 bits per heavy atom. The molecular formula is C9H13BrN2OS. The first-order valence-electron chi connectivity index (χ1n) is 4.23. The molecule has 0 aliphatic rings. The zero-order valence-electron chi connectivity index (χ0n) is 8.08. The van der Waals surface area contributed by atoms with Gasteiger partial charge in [-0.05, 0) is 48.0 Å². The lowest BCUT2D eigenvalue weighted by Gasteiger charge is -2.10. The van der Waals surface area contributed by atoms with E-state index in [1.807, 2.05) is 19.9 Å². The average molecular weight is 277 g/mol. The van der Waals surface area contributed by atoms with E-state index >= 15 is 0 Å². The first kappa shape index (κ1) is 11.5. The smallest absolute Gasteiger partial charge is 0.119 e. The van der Waals surface area contributed by atoms with Crippen molar-refractivity contribution in [2.45, 2.75) is 19.1 Å². The number of hydrogen-bond acceptors (Lipinski definition) is 2. The summed E-state index contributed by atoms with van der Waals surface area (Å²) in [7, 11) is -1.08. The van der Waals surface area contributed by atoms with Crippen LogP contribution in [0.5, 0.6) is 0 Å². The number of nitrogen functional groups attached to an aromatic ring is 1. The molecule has 0 fully saturated rings. The molecule has 0 spiro atoms. The predicted octanol–water partition coefficient (Wildman–Crippen LogP) is 2.52. The van der Waals surface area contributed by atoms with E-state index in [9.17, 15) is 4.21 Å². The van der Waals surface area contributed by atoms with Crippen LogP contribution in [0.3, 0.4) is 0 Å². The molecule has 1 atom stereocenters. The molecule has 0 aliphatic heterocycles. The summed E-state index contributed by atoms with van der Waals surface area (Å²) < 4.78 is 15.3. The number of rotatable bonds is 3. The summed E-state index contributed by atoms with van der Waals surface area (Å²) in [6.45, 7) is 3.78. The molecule has 1 aromatic carbocycles. The molecule has 0 saturated carbocycles. The minimum Gasteiger partial charge on any atom is -0.399 e. The van der Waals surface area contributed by atoms with Gasteiger partial charge in [0.25, 0.3) is 0 Å². The molecule has 0 amide bonds. The van der Waals surface area contributed by atoms with Crippen molar-refractivity contribution in [2.75, 3.05) is 10.5 Å². The fourth-order valence-corrected chi connectivity index (χ4v) is 1.95. The second-order valence-corrected chi connectivity index (χ2v) is 5.78. The maximum absolute atomic E-state index is 11.5. The van der Waals surface area contributed by atoms with Crippen LogP contribution in [0.1, 0.15) is 13.8 Å². The van der Waals surface area contributed by atoms with E-state index in [1.165, 1.54) is 0 Å². The van der Waals surface area contributed by atoms with Crippen molar-refractivity contribution < 1.29 is 4.21 Å². The number of nitrogens with one attached hydrogen (secondary N) is 1. The van der Waals surface area contributed by atoms with E-state index in [0.29, 0.717) is 5.69 Å². The third-order valence-electron chi connectivity index (χ3n) is 1.63. The van der Waals surface area contributed by atoms with Crippen molar-refractivity contribution in [3.8, 4) is 0 Å². The Labute approximate surface area is 94.8 Å². The van der Waals surface area contributed by atoms with Crippen molar-refractivity contribution in [1.29, 1.82) is 0 Å². The maximum atomic E-state index is 11.5. The van der Waals surface area contributed by atoms with Crippen LogP contribution >= 0.6 is 15.9 Å². The van der Waals surface area contributed by atoms with Gasteiger partial charge in [0.2, 0.25) is 0 Å². The minimum absolute atomic E-state index is 0.0725. The molecule has 1 aromatic rings. The first-order valence-corrected chi connectivity index (χ1v) is 6.23. The summed E-state index contributed by atoms with van der Waals surface area (Å²) in [6.07, 6.45) is 0. The van der Waals surface area contributed by atoms with Crippen molar-refractivity contribution in [1.82, 2.24) is 0 Å². The molecule has 14 heavy (non-hydrogen) atoms. The Hall–Kier alpha value is -0.550. The van der Waals surface area contributed by atoms with Crippen molar-refractivity contribution in [3.63, 3.8) is 0 Å². The van der Waals surface area contributed by atoms with Gasteiger partial charge in [0.05, 0.1) is 5.69 Å². The van der Waals surface area contributed by atoms with Crippen molar-refractivity contribution in [3.05, 3.63) is 22.7 Å². The first-order chi connectivity index (χ1) is 6.50. The fourth-order valence-electron chi connectivity index (χ4n) is 0.847. The van der Waals surface area contributed by atoms with Gasteiger partial charge >= 0.3 is 0 Å². The highest BCUT2D eigenvalue weighted by Crippen LogP contribution is 2.25. The Morgan fingerprint density at radius 2 is 2.14 bits per heavy atom. The van der Waals surface area contributed by atoms with Crippen LogP contribution in [0.2, 0.25) is 0 Å². The quantitative estimate of drug-likeness (QED) is 0.834. The van der Waals surface area contributed by atoms with Gasteiger partial charge in [-0.3, -0.25) is 0 Å². The standard InChI is InChI=1S/C9H13BrN2OS/c1-6(2)14(13)12-9-5-7(11)3-4-8(9)10/h3-6,12H,11H2,1-2H3. The Balaban J connectivity index is 2.86. The second kappa shape index (κ2) is 4.79. The van der Waals surface area contributed by atoms with E-state index < -0.39 is 11.0 Å². The Bertz CT molecular complexity index is 355. The zero-order valence-corrected chi connectivity index (χ0v) is 10.5. The molecule has 3 nitrogen and oxygen atoms in total. The lowest BCUT2D eigenvalue weighted by atomic mass is 10.3. The molecule has 0 radical (unpaired) electrons. The van der Waals surface area contributed by atoms with Crippen LogP contribution in [0.25, 0.3) is 0 Å². The van der Waals surface area contributed by atoms with Crippen LogP contribution in [0.15, 0.2) is 22.7 Å². The molecule has 0 aromatic heterocycles. The van der Waals surface area contributed by atoms with Crippen LogP contribution in [-0.2, 0) is 11.0 Å². The van der Waals surface area contributed by atoms with Crippen molar-refractivity contribution >= 4 is 38.3 Å². The minimum atomic E-state index is -1.08. The average Bonchev–Trinajstić information content (AvgIpc) is 2.11. The Kier molecular flexibility index (Phi) is 3.95. The molecule has 0 bridgehead atoms. The Morgan fingerprint density at radius 3 is 2.71 bits per heavy atom. The summed E-state index contributed by atoms with van der Waals surface area (Å²) in [6, 6.07) is 5.37. The normalized spacial score (nSPS) is 12.9. The molecule has 1 rings (SSSR count). The number of halogens is 1. The zero-order chi connectivity index (χ0) is 10.7. The van der Waals surface area contributed by atoms with E-state index in [1.54, 1.807) is 12.1 Å².